The molecule has 2 heterocycles. The van der Waals surface area contributed by atoms with Gasteiger partial charge in [0.05, 0.1) is 11.0 Å². The highest BCUT2D eigenvalue weighted by atomic mass is 32.2. The first kappa shape index (κ1) is 17.1. The highest BCUT2D eigenvalue weighted by Crippen LogP contribution is 2.29. The van der Waals surface area contributed by atoms with Crippen molar-refractivity contribution >= 4 is 28.8 Å². The number of imidazole rings is 1. The predicted octanol–water partition coefficient (Wildman–Crippen LogP) is 2.90. The molecule has 1 fully saturated rings. The smallest absolute Gasteiger partial charge is 0.194 e. The Morgan fingerprint density at radius 3 is 3.00 bits per heavy atom. The van der Waals surface area contributed by atoms with Crippen LogP contribution in [0.3, 0.4) is 0 Å². The van der Waals surface area contributed by atoms with Gasteiger partial charge in [-0.05, 0) is 32.9 Å². The van der Waals surface area contributed by atoms with Gasteiger partial charge in [0.15, 0.2) is 5.96 Å². The molecule has 2 aromatic rings. The summed E-state index contributed by atoms with van der Waals surface area (Å²) in [4.78, 5) is 15.2. The molecule has 0 spiro atoms. The van der Waals surface area contributed by atoms with E-state index in [0.717, 1.165) is 61.2 Å². The van der Waals surface area contributed by atoms with Crippen molar-refractivity contribution in [2.45, 2.75) is 31.9 Å². The third-order valence-corrected chi connectivity index (χ3v) is 5.41. The number of benzene rings is 1. The van der Waals surface area contributed by atoms with Gasteiger partial charge in [0, 0.05) is 43.1 Å². The molecule has 0 unspecified atom stereocenters. The lowest BCUT2D eigenvalue weighted by molar-refractivity contribution is 0.376. The summed E-state index contributed by atoms with van der Waals surface area (Å²) in [6, 6.07) is 8.15. The minimum atomic E-state index is 0.285. The summed E-state index contributed by atoms with van der Waals surface area (Å²) in [7, 11) is 0. The SMILES string of the molecule is CCNC(=NCCc1nc2ccccc2[nH]1)N1CCSC(C)(C)C1. The number of hydrogen-bond donors (Lipinski definition) is 2. The molecule has 1 aromatic heterocycles. The third-order valence-electron chi connectivity index (χ3n) is 4.11. The largest absolute Gasteiger partial charge is 0.357 e. The number of thioether (sulfide) groups is 1. The number of rotatable bonds is 4. The van der Waals surface area contributed by atoms with Crippen LogP contribution in [-0.2, 0) is 6.42 Å². The van der Waals surface area contributed by atoms with E-state index in [1.807, 2.05) is 30.0 Å². The Balaban J connectivity index is 1.65. The Hall–Kier alpha value is -1.69. The Kier molecular flexibility index (Phi) is 5.33. The van der Waals surface area contributed by atoms with Crippen molar-refractivity contribution in [2.75, 3.05) is 31.9 Å². The lowest BCUT2D eigenvalue weighted by Gasteiger charge is -2.39. The van der Waals surface area contributed by atoms with Crippen molar-refractivity contribution in [2.24, 2.45) is 4.99 Å². The second-order valence-corrected chi connectivity index (χ2v) is 8.52. The highest BCUT2D eigenvalue weighted by molar-refractivity contribution is 8.00. The van der Waals surface area contributed by atoms with Crippen LogP contribution < -0.4 is 5.32 Å². The number of para-hydroxylation sites is 2. The molecular formula is C18H27N5S. The Bertz CT molecular complexity index is 673. The summed E-state index contributed by atoms with van der Waals surface area (Å²) in [6.07, 6.45) is 0.829. The molecule has 0 amide bonds. The van der Waals surface area contributed by atoms with Crippen LogP contribution in [0.4, 0.5) is 0 Å². The van der Waals surface area contributed by atoms with Gasteiger partial charge in [-0.1, -0.05) is 12.1 Å². The van der Waals surface area contributed by atoms with E-state index in [1.165, 1.54) is 0 Å². The molecule has 0 bridgehead atoms. The maximum absolute atomic E-state index is 4.83. The second kappa shape index (κ2) is 7.47. The van der Waals surface area contributed by atoms with Crippen LogP contribution in [0.25, 0.3) is 11.0 Å². The summed E-state index contributed by atoms with van der Waals surface area (Å²) in [5.74, 6) is 3.19. The number of aromatic nitrogens is 2. The van der Waals surface area contributed by atoms with Crippen LogP contribution in [0.15, 0.2) is 29.3 Å². The number of aliphatic imine (C=N–C) groups is 1. The number of guanidine groups is 1. The first-order valence-electron chi connectivity index (χ1n) is 8.68. The van der Waals surface area contributed by atoms with Crippen molar-refractivity contribution in [1.82, 2.24) is 20.2 Å². The monoisotopic (exact) mass is 345 g/mol. The van der Waals surface area contributed by atoms with Crippen LogP contribution in [0.2, 0.25) is 0 Å². The second-order valence-electron chi connectivity index (χ2n) is 6.72. The number of H-pyrrole nitrogens is 1. The molecule has 0 atom stereocenters. The molecule has 24 heavy (non-hydrogen) atoms. The van der Waals surface area contributed by atoms with E-state index in [1.54, 1.807) is 0 Å². The van der Waals surface area contributed by atoms with Crippen molar-refractivity contribution < 1.29 is 0 Å². The molecule has 1 saturated heterocycles. The first-order chi connectivity index (χ1) is 11.6. The van der Waals surface area contributed by atoms with E-state index in [0.29, 0.717) is 0 Å². The average molecular weight is 346 g/mol. The summed E-state index contributed by atoms with van der Waals surface area (Å²) in [5.41, 5.74) is 2.12. The maximum Gasteiger partial charge on any atom is 0.194 e. The van der Waals surface area contributed by atoms with Crippen LogP contribution in [-0.4, -0.2) is 57.5 Å². The van der Waals surface area contributed by atoms with Gasteiger partial charge in [-0.2, -0.15) is 11.8 Å². The van der Waals surface area contributed by atoms with Gasteiger partial charge < -0.3 is 15.2 Å². The summed E-state index contributed by atoms with van der Waals surface area (Å²) < 4.78 is 0.285. The van der Waals surface area contributed by atoms with Gasteiger partial charge in [-0.3, -0.25) is 4.99 Å². The first-order valence-corrected chi connectivity index (χ1v) is 9.67. The quantitative estimate of drug-likeness (QED) is 0.661. The summed E-state index contributed by atoms with van der Waals surface area (Å²) >= 11 is 2.04. The minimum Gasteiger partial charge on any atom is -0.357 e. The minimum absolute atomic E-state index is 0.285. The lowest BCUT2D eigenvalue weighted by Crippen LogP contribution is -2.51. The molecule has 0 aliphatic carbocycles. The Morgan fingerprint density at radius 1 is 1.42 bits per heavy atom. The topological polar surface area (TPSA) is 56.3 Å². The number of fused-ring (bicyclic) bond motifs is 1. The molecule has 2 N–H and O–H groups in total. The molecule has 1 aliphatic rings. The molecule has 1 aliphatic heterocycles. The van der Waals surface area contributed by atoms with Crippen molar-refractivity contribution in [3.63, 3.8) is 0 Å². The Morgan fingerprint density at radius 2 is 2.25 bits per heavy atom. The number of nitrogens with zero attached hydrogens (tertiary/aromatic N) is 3. The third kappa shape index (κ3) is 4.23. The van der Waals surface area contributed by atoms with Crippen molar-refractivity contribution in [3.8, 4) is 0 Å². The fourth-order valence-electron chi connectivity index (χ4n) is 3.01. The lowest BCUT2D eigenvalue weighted by atomic mass is 10.2. The Labute approximate surface area is 148 Å². The normalized spacial score (nSPS) is 18.1. The van der Waals surface area contributed by atoms with Crippen molar-refractivity contribution in [3.05, 3.63) is 30.1 Å². The number of hydrogen-bond acceptors (Lipinski definition) is 3. The molecule has 0 saturated carbocycles. The van der Waals surface area contributed by atoms with E-state index in [2.05, 4.69) is 47.0 Å². The zero-order chi connectivity index (χ0) is 17.0. The molecule has 3 rings (SSSR count). The zero-order valence-corrected chi connectivity index (χ0v) is 15.6. The van der Waals surface area contributed by atoms with Gasteiger partial charge >= 0.3 is 0 Å². The average Bonchev–Trinajstić information content (AvgIpc) is 2.96. The van der Waals surface area contributed by atoms with Gasteiger partial charge in [0.2, 0.25) is 0 Å². The van der Waals surface area contributed by atoms with Crippen LogP contribution in [0.5, 0.6) is 0 Å². The molecule has 130 valence electrons. The summed E-state index contributed by atoms with van der Waals surface area (Å²) in [5, 5.41) is 3.44. The molecule has 6 heteroatoms. The molecule has 1 aromatic carbocycles. The number of nitrogens with one attached hydrogen (secondary N) is 2. The summed E-state index contributed by atoms with van der Waals surface area (Å²) in [6.45, 7) is 10.5. The fourth-order valence-corrected chi connectivity index (χ4v) is 4.13. The van der Waals surface area contributed by atoms with E-state index in [4.69, 9.17) is 4.99 Å². The molecule has 0 radical (unpaired) electrons. The number of aromatic amines is 1. The maximum atomic E-state index is 4.83. The molecule has 5 nitrogen and oxygen atoms in total. The van der Waals surface area contributed by atoms with Gasteiger partial charge in [-0.25, -0.2) is 4.98 Å². The highest BCUT2D eigenvalue weighted by Gasteiger charge is 2.28. The van der Waals surface area contributed by atoms with Gasteiger partial charge in [0.25, 0.3) is 0 Å². The van der Waals surface area contributed by atoms with Gasteiger partial charge in [-0.15, -0.1) is 0 Å². The van der Waals surface area contributed by atoms with E-state index >= 15 is 0 Å². The van der Waals surface area contributed by atoms with E-state index in [-0.39, 0.29) is 4.75 Å². The van der Waals surface area contributed by atoms with Crippen molar-refractivity contribution in [1.29, 1.82) is 0 Å². The standard InChI is InChI=1S/C18H27N5S/c1-4-19-17(23-11-12-24-18(2,3)13-23)20-10-9-16-21-14-7-5-6-8-15(14)22-16/h5-8H,4,9-13H2,1-3H3,(H,19,20)(H,21,22). The van der Waals surface area contributed by atoms with Gasteiger partial charge in [0.1, 0.15) is 5.82 Å². The zero-order valence-electron chi connectivity index (χ0n) is 14.8. The van der Waals surface area contributed by atoms with Crippen LogP contribution in [0.1, 0.15) is 26.6 Å². The van der Waals surface area contributed by atoms with Crippen LogP contribution >= 0.6 is 11.8 Å². The van der Waals surface area contributed by atoms with E-state index in [9.17, 15) is 0 Å². The molecular weight excluding hydrogens is 318 g/mol. The fraction of sp³-hybridized carbons (Fsp3) is 0.556. The van der Waals surface area contributed by atoms with E-state index < -0.39 is 0 Å². The predicted molar refractivity (Wildman–Crippen MR) is 104 cm³/mol. The van der Waals surface area contributed by atoms with Crippen LogP contribution in [0, 0.1) is 0 Å².